The molecule has 1 aromatic heterocycles. The summed E-state index contributed by atoms with van der Waals surface area (Å²) >= 11 is 10.9. The van der Waals surface area contributed by atoms with Crippen molar-refractivity contribution in [3.63, 3.8) is 0 Å². The molecular formula is C16H17BrClN3OS. The number of thiophene rings is 1. The van der Waals surface area contributed by atoms with Crippen LogP contribution >= 0.6 is 38.9 Å². The molecule has 1 N–H and O–H groups in total. The van der Waals surface area contributed by atoms with Gasteiger partial charge in [0.1, 0.15) is 4.88 Å². The summed E-state index contributed by atoms with van der Waals surface area (Å²) in [4.78, 5) is 17.7. The second kappa shape index (κ2) is 7.21. The van der Waals surface area contributed by atoms with Gasteiger partial charge in [-0.2, -0.15) is 0 Å². The van der Waals surface area contributed by atoms with Crippen molar-refractivity contribution >= 4 is 56.1 Å². The first-order valence-corrected chi connectivity index (χ1v) is 9.37. The highest BCUT2D eigenvalue weighted by atomic mass is 79.9. The maximum atomic E-state index is 12.5. The van der Waals surface area contributed by atoms with Crippen molar-refractivity contribution in [3.8, 4) is 0 Å². The Hall–Kier alpha value is -1.08. The number of anilines is 2. The number of benzene rings is 1. The van der Waals surface area contributed by atoms with E-state index in [9.17, 15) is 4.79 Å². The Morgan fingerprint density at radius 1 is 1.26 bits per heavy atom. The van der Waals surface area contributed by atoms with Crippen molar-refractivity contribution in [1.29, 1.82) is 0 Å². The molecule has 0 bridgehead atoms. The molecule has 1 saturated heterocycles. The molecule has 0 radical (unpaired) electrons. The second-order valence-corrected chi connectivity index (χ2v) is 7.71. The van der Waals surface area contributed by atoms with Crippen molar-refractivity contribution in [2.45, 2.75) is 0 Å². The van der Waals surface area contributed by atoms with E-state index in [1.807, 2.05) is 29.6 Å². The van der Waals surface area contributed by atoms with Crippen LogP contribution < -0.4 is 10.2 Å². The molecule has 0 unspecified atom stereocenters. The second-order valence-electron chi connectivity index (χ2n) is 5.50. The number of likely N-dealkylation sites (N-methyl/N-ethyl adjacent to an activating group) is 1. The Kier molecular flexibility index (Phi) is 5.26. The number of halogens is 2. The van der Waals surface area contributed by atoms with Crippen molar-refractivity contribution in [1.82, 2.24) is 4.90 Å². The van der Waals surface area contributed by atoms with Gasteiger partial charge in [0.05, 0.1) is 11.4 Å². The van der Waals surface area contributed by atoms with Crippen molar-refractivity contribution in [3.05, 3.63) is 44.0 Å². The van der Waals surface area contributed by atoms with E-state index >= 15 is 0 Å². The fourth-order valence-corrected chi connectivity index (χ4v) is 4.18. The molecule has 0 aliphatic carbocycles. The summed E-state index contributed by atoms with van der Waals surface area (Å²) in [5.41, 5.74) is 1.77. The summed E-state index contributed by atoms with van der Waals surface area (Å²) in [5.74, 6) is -0.121. The van der Waals surface area contributed by atoms with Crippen LogP contribution in [0.5, 0.6) is 0 Å². The van der Waals surface area contributed by atoms with Crippen LogP contribution in [-0.4, -0.2) is 44.0 Å². The maximum Gasteiger partial charge on any atom is 0.266 e. The van der Waals surface area contributed by atoms with Gasteiger partial charge in [0.15, 0.2) is 0 Å². The number of hydrogen-bond acceptors (Lipinski definition) is 4. The molecule has 1 fully saturated rings. The zero-order chi connectivity index (χ0) is 16.4. The average molecular weight is 415 g/mol. The van der Waals surface area contributed by atoms with Crippen LogP contribution in [-0.2, 0) is 0 Å². The van der Waals surface area contributed by atoms with Crippen LogP contribution in [0.1, 0.15) is 9.67 Å². The SMILES string of the molecule is CN1CCN(c2ccc(Cl)cc2NC(=O)c2sccc2Br)CC1. The molecule has 2 heterocycles. The molecule has 1 amide bonds. The number of rotatable bonds is 3. The summed E-state index contributed by atoms with van der Waals surface area (Å²) in [5, 5.41) is 5.51. The smallest absolute Gasteiger partial charge is 0.266 e. The number of carbonyl (C=O) groups is 1. The summed E-state index contributed by atoms with van der Waals surface area (Å²) < 4.78 is 0.808. The third-order valence-corrected chi connectivity index (χ3v) is 5.95. The van der Waals surface area contributed by atoms with E-state index in [1.54, 1.807) is 0 Å². The number of amides is 1. The van der Waals surface area contributed by atoms with Gasteiger partial charge in [-0.1, -0.05) is 11.6 Å². The predicted molar refractivity (Wildman–Crippen MR) is 101 cm³/mol. The summed E-state index contributed by atoms with van der Waals surface area (Å²) in [6.07, 6.45) is 0. The standard InChI is InChI=1S/C16H17BrClN3OS/c1-20-5-7-21(8-6-20)14-3-2-11(18)10-13(14)19-16(22)15-12(17)4-9-23-15/h2-4,9-10H,5-8H2,1H3,(H,19,22). The lowest BCUT2D eigenvalue weighted by Crippen LogP contribution is -2.44. The minimum atomic E-state index is -0.121. The predicted octanol–water partition coefficient (Wildman–Crippen LogP) is 4.17. The highest BCUT2D eigenvalue weighted by Crippen LogP contribution is 2.31. The first-order chi connectivity index (χ1) is 11.0. The molecule has 0 spiro atoms. The largest absolute Gasteiger partial charge is 0.367 e. The fraction of sp³-hybridized carbons (Fsp3) is 0.312. The average Bonchev–Trinajstić information content (AvgIpc) is 2.95. The first-order valence-electron chi connectivity index (χ1n) is 7.32. The highest BCUT2D eigenvalue weighted by molar-refractivity contribution is 9.10. The Bertz CT molecular complexity index is 713. The Morgan fingerprint density at radius 3 is 2.65 bits per heavy atom. The van der Waals surface area contributed by atoms with Gasteiger partial charge in [-0.25, -0.2) is 0 Å². The van der Waals surface area contributed by atoms with Gasteiger partial charge in [0.2, 0.25) is 0 Å². The first kappa shape index (κ1) is 16.8. The number of hydrogen-bond donors (Lipinski definition) is 1. The van der Waals surface area contributed by atoms with E-state index in [0.717, 1.165) is 42.0 Å². The lowest BCUT2D eigenvalue weighted by atomic mass is 10.2. The van der Waals surface area contributed by atoms with Gasteiger partial charge >= 0.3 is 0 Å². The number of nitrogens with zero attached hydrogens (tertiary/aromatic N) is 2. The van der Waals surface area contributed by atoms with E-state index in [4.69, 9.17) is 11.6 Å². The summed E-state index contributed by atoms with van der Waals surface area (Å²) in [7, 11) is 2.12. The van der Waals surface area contributed by atoms with Crippen molar-refractivity contribution in [2.24, 2.45) is 0 Å². The fourth-order valence-electron chi connectivity index (χ4n) is 2.57. The summed E-state index contributed by atoms with van der Waals surface area (Å²) in [6.45, 7) is 3.88. The lowest BCUT2D eigenvalue weighted by molar-refractivity contribution is 0.103. The minimum Gasteiger partial charge on any atom is -0.367 e. The Labute approximate surface area is 153 Å². The number of carbonyl (C=O) groups excluding carboxylic acids is 1. The highest BCUT2D eigenvalue weighted by Gasteiger charge is 2.19. The van der Waals surface area contributed by atoms with Crippen molar-refractivity contribution in [2.75, 3.05) is 43.4 Å². The molecule has 1 aromatic carbocycles. The van der Waals surface area contributed by atoms with Crippen LogP contribution in [0.4, 0.5) is 11.4 Å². The third-order valence-electron chi connectivity index (χ3n) is 3.87. The molecule has 2 aromatic rings. The lowest BCUT2D eigenvalue weighted by Gasteiger charge is -2.35. The topological polar surface area (TPSA) is 35.6 Å². The van der Waals surface area contributed by atoms with Crippen LogP contribution in [0, 0.1) is 0 Å². The molecule has 4 nitrogen and oxygen atoms in total. The molecular weight excluding hydrogens is 398 g/mol. The number of piperazine rings is 1. The van der Waals surface area contributed by atoms with E-state index in [-0.39, 0.29) is 5.91 Å². The molecule has 23 heavy (non-hydrogen) atoms. The van der Waals surface area contributed by atoms with Crippen LogP contribution in [0.2, 0.25) is 5.02 Å². The molecule has 0 atom stereocenters. The Morgan fingerprint density at radius 2 is 2.00 bits per heavy atom. The quantitative estimate of drug-likeness (QED) is 0.819. The Balaban J connectivity index is 1.85. The van der Waals surface area contributed by atoms with Crippen LogP contribution in [0.25, 0.3) is 0 Å². The molecule has 3 rings (SSSR count). The van der Waals surface area contributed by atoms with E-state index in [0.29, 0.717) is 9.90 Å². The maximum absolute atomic E-state index is 12.5. The summed E-state index contributed by atoms with van der Waals surface area (Å²) in [6, 6.07) is 7.53. The van der Waals surface area contributed by atoms with Gasteiger partial charge in [-0.3, -0.25) is 4.79 Å². The molecule has 7 heteroatoms. The zero-order valence-electron chi connectivity index (χ0n) is 12.7. The van der Waals surface area contributed by atoms with Crippen molar-refractivity contribution < 1.29 is 4.79 Å². The zero-order valence-corrected chi connectivity index (χ0v) is 15.8. The molecule has 0 saturated carbocycles. The van der Waals surface area contributed by atoms with Crippen LogP contribution in [0.3, 0.4) is 0 Å². The van der Waals surface area contributed by atoms with E-state index < -0.39 is 0 Å². The van der Waals surface area contributed by atoms with Gasteiger partial charge in [-0.05, 0) is 52.6 Å². The van der Waals surface area contributed by atoms with E-state index in [2.05, 4.69) is 38.1 Å². The van der Waals surface area contributed by atoms with Gasteiger partial charge in [-0.15, -0.1) is 11.3 Å². The number of nitrogens with one attached hydrogen (secondary N) is 1. The van der Waals surface area contributed by atoms with Gasteiger partial charge < -0.3 is 15.1 Å². The van der Waals surface area contributed by atoms with Crippen LogP contribution in [0.15, 0.2) is 34.1 Å². The third kappa shape index (κ3) is 3.88. The van der Waals surface area contributed by atoms with Gasteiger partial charge in [0, 0.05) is 35.7 Å². The molecule has 122 valence electrons. The van der Waals surface area contributed by atoms with E-state index in [1.165, 1.54) is 11.3 Å². The normalized spacial score (nSPS) is 15.7. The van der Waals surface area contributed by atoms with Gasteiger partial charge in [0.25, 0.3) is 5.91 Å². The monoisotopic (exact) mass is 413 g/mol. The minimum absolute atomic E-state index is 0.121. The molecule has 1 aliphatic rings. The molecule has 1 aliphatic heterocycles.